The zero-order valence-corrected chi connectivity index (χ0v) is 13.5. The van der Waals surface area contributed by atoms with Crippen LogP contribution < -0.4 is 10.6 Å². The Morgan fingerprint density at radius 2 is 1.82 bits per heavy atom. The van der Waals surface area contributed by atoms with E-state index in [4.69, 9.17) is 0 Å². The number of aromatic nitrogens is 2. The number of benzene rings is 1. The molecular formula is C15H18N4O2S. The molecule has 0 saturated heterocycles. The molecule has 0 bridgehead atoms. The van der Waals surface area contributed by atoms with E-state index in [2.05, 4.69) is 20.8 Å². The maximum atomic E-state index is 12.2. The van der Waals surface area contributed by atoms with Crippen LogP contribution in [0.4, 0.5) is 5.13 Å². The van der Waals surface area contributed by atoms with Gasteiger partial charge < -0.3 is 5.32 Å². The molecule has 2 amide bonds. The number of hydrogen-bond acceptors (Lipinski definition) is 5. The fraction of sp³-hybridized carbons (Fsp3) is 0.333. The summed E-state index contributed by atoms with van der Waals surface area (Å²) in [5.74, 6) is -0.553. The van der Waals surface area contributed by atoms with Gasteiger partial charge in [0, 0.05) is 12.5 Å². The summed E-state index contributed by atoms with van der Waals surface area (Å²) in [6, 6.07) is 9.02. The normalized spacial score (nSPS) is 12.0. The SMILES string of the molecule is CC(=O)NC(C(=O)Nc1nnc(-c2ccccc2)s1)C(C)C. The maximum Gasteiger partial charge on any atom is 0.249 e. The van der Waals surface area contributed by atoms with Crippen molar-refractivity contribution < 1.29 is 9.59 Å². The van der Waals surface area contributed by atoms with E-state index in [-0.39, 0.29) is 17.7 Å². The first-order chi connectivity index (χ1) is 10.5. The Kier molecular flexibility index (Phi) is 5.21. The smallest absolute Gasteiger partial charge is 0.249 e. The van der Waals surface area contributed by atoms with Gasteiger partial charge in [-0.15, -0.1) is 10.2 Å². The lowest BCUT2D eigenvalue weighted by molar-refractivity contribution is -0.126. The third-order valence-electron chi connectivity index (χ3n) is 2.98. The largest absolute Gasteiger partial charge is 0.344 e. The molecule has 0 aliphatic carbocycles. The summed E-state index contributed by atoms with van der Waals surface area (Å²) in [6.07, 6.45) is 0. The van der Waals surface area contributed by atoms with Gasteiger partial charge in [-0.25, -0.2) is 0 Å². The summed E-state index contributed by atoms with van der Waals surface area (Å²) in [5.41, 5.74) is 0.947. The molecule has 22 heavy (non-hydrogen) atoms. The summed E-state index contributed by atoms with van der Waals surface area (Å²) in [5, 5.41) is 14.6. The minimum Gasteiger partial charge on any atom is -0.344 e. The Balaban J connectivity index is 2.09. The standard InChI is InChI=1S/C15H18N4O2S/c1-9(2)12(16-10(3)20)13(21)17-15-19-18-14(22-15)11-7-5-4-6-8-11/h4-9,12H,1-3H3,(H,16,20)(H,17,19,21). The summed E-state index contributed by atoms with van der Waals surface area (Å²) >= 11 is 1.30. The first-order valence-electron chi connectivity index (χ1n) is 6.94. The lowest BCUT2D eigenvalue weighted by atomic mass is 10.0. The third-order valence-corrected chi connectivity index (χ3v) is 3.87. The van der Waals surface area contributed by atoms with Gasteiger partial charge in [-0.2, -0.15) is 0 Å². The summed E-state index contributed by atoms with van der Waals surface area (Å²) in [4.78, 5) is 23.4. The van der Waals surface area contributed by atoms with Gasteiger partial charge in [0.25, 0.3) is 0 Å². The molecule has 0 aliphatic rings. The number of carbonyl (C=O) groups excluding carboxylic acids is 2. The Hall–Kier alpha value is -2.28. The molecule has 0 saturated carbocycles. The molecule has 1 unspecified atom stereocenters. The number of rotatable bonds is 5. The predicted molar refractivity (Wildman–Crippen MR) is 86.4 cm³/mol. The first-order valence-corrected chi connectivity index (χ1v) is 7.76. The molecule has 1 aromatic carbocycles. The number of nitrogens with one attached hydrogen (secondary N) is 2. The monoisotopic (exact) mass is 318 g/mol. The van der Waals surface area contributed by atoms with Crippen LogP contribution in [-0.2, 0) is 9.59 Å². The minimum atomic E-state index is -0.596. The second-order valence-electron chi connectivity index (χ2n) is 5.19. The van der Waals surface area contributed by atoms with Gasteiger partial charge in [-0.3, -0.25) is 14.9 Å². The molecule has 0 aliphatic heterocycles. The van der Waals surface area contributed by atoms with Crippen molar-refractivity contribution in [3.63, 3.8) is 0 Å². The highest BCUT2D eigenvalue weighted by atomic mass is 32.1. The summed E-state index contributed by atoms with van der Waals surface area (Å²) < 4.78 is 0. The van der Waals surface area contributed by atoms with Crippen LogP contribution in [0, 0.1) is 5.92 Å². The van der Waals surface area contributed by atoms with E-state index in [1.54, 1.807) is 0 Å². The van der Waals surface area contributed by atoms with Crippen LogP contribution in [0.5, 0.6) is 0 Å². The summed E-state index contributed by atoms with van der Waals surface area (Å²) in [7, 11) is 0. The van der Waals surface area contributed by atoms with E-state index in [0.717, 1.165) is 10.6 Å². The first kappa shape index (κ1) is 16.1. The number of amides is 2. The molecule has 0 spiro atoms. The average molecular weight is 318 g/mol. The van der Waals surface area contributed by atoms with E-state index in [1.165, 1.54) is 18.3 Å². The highest BCUT2D eigenvalue weighted by Crippen LogP contribution is 2.26. The van der Waals surface area contributed by atoms with Crippen molar-refractivity contribution in [1.82, 2.24) is 15.5 Å². The molecule has 1 aromatic heterocycles. The fourth-order valence-corrected chi connectivity index (χ4v) is 2.66. The van der Waals surface area contributed by atoms with Crippen LogP contribution in [0.25, 0.3) is 10.6 Å². The maximum absolute atomic E-state index is 12.2. The third kappa shape index (κ3) is 4.11. The molecule has 1 heterocycles. The van der Waals surface area contributed by atoms with Crippen LogP contribution in [0.2, 0.25) is 0 Å². The molecule has 2 rings (SSSR count). The fourth-order valence-electron chi connectivity index (χ4n) is 1.91. The molecule has 116 valence electrons. The molecule has 1 atom stereocenters. The van der Waals surface area contributed by atoms with Gasteiger partial charge in [0.05, 0.1) is 0 Å². The number of nitrogens with zero attached hydrogens (tertiary/aromatic N) is 2. The Morgan fingerprint density at radius 1 is 1.14 bits per heavy atom. The van der Waals surface area contributed by atoms with Crippen LogP contribution >= 0.6 is 11.3 Å². The molecule has 6 nitrogen and oxygen atoms in total. The molecule has 2 aromatic rings. The highest BCUT2D eigenvalue weighted by molar-refractivity contribution is 7.18. The molecule has 2 N–H and O–H groups in total. The topological polar surface area (TPSA) is 84.0 Å². The van der Waals surface area contributed by atoms with E-state index in [9.17, 15) is 9.59 Å². The quantitative estimate of drug-likeness (QED) is 0.886. The average Bonchev–Trinajstić information content (AvgIpc) is 2.93. The van der Waals surface area contributed by atoms with E-state index in [0.29, 0.717) is 5.13 Å². The van der Waals surface area contributed by atoms with Crippen molar-refractivity contribution in [1.29, 1.82) is 0 Å². The van der Waals surface area contributed by atoms with Crippen molar-refractivity contribution in [2.75, 3.05) is 5.32 Å². The van der Waals surface area contributed by atoms with Crippen LogP contribution in [0.1, 0.15) is 20.8 Å². The summed E-state index contributed by atoms with van der Waals surface area (Å²) in [6.45, 7) is 5.13. The number of anilines is 1. The second kappa shape index (κ2) is 7.13. The zero-order valence-electron chi connectivity index (χ0n) is 12.7. The van der Waals surface area contributed by atoms with Crippen molar-refractivity contribution in [3.05, 3.63) is 30.3 Å². The van der Waals surface area contributed by atoms with Crippen molar-refractivity contribution in [2.24, 2.45) is 5.92 Å². The molecule has 7 heteroatoms. The Bertz CT molecular complexity index is 655. The van der Waals surface area contributed by atoms with Gasteiger partial charge in [-0.05, 0) is 5.92 Å². The van der Waals surface area contributed by atoms with Gasteiger partial charge >= 0.3 is 0 Å². The highest BCUT2D eigenvalue weighted by Gasteiger charge is 2.24. The predicted octanol–water partition coefficient (Wildman–Crippen LogP) is 2.30. The lowest BCUT2D eigenvalue weighted by Crippen LogP contribution is -2.46. The van der Waals surface area contributed by atoms with E-state index >= 15 is 0 Å². The van der Waals surface area contributed by atoms with Crippen LogP contribution in [0.15, 0.2) is 30.3 Å². The van der Waals surface area contributed by atoms with Crippen LogP contribution in [0.3, 0.4) is 0 Å². The molecule has 0 radical (unpaired) electrons. The van der Waals surface area contributed by atoms with Gasteiger partial charge in [0.15, 0.2) is 0 Å². The molecular weight excluding hydrogens is 300 g/mol. The zero-order chi connectivity index (χ0) is 16.1. The number of hydrogen-bond donors (Lipinski definition) is 2. The van der Waals surface area contributed by atoms with Crippen molar-refractivity contribution in [2.45, 2.75) is 26.8 Å². The Morgan fingerprint density at radius 3 is 2.41 bits per heavy atom. The van der Waals surface area contributed by atoms with Gasteiger partial charge in [0.1, 0.15) is 11.0 Å². The van der Waals surface area contributed by atoms with E-state index < -0.39 is 6.04 Å². The van der Waals surface area contributed by atoms with Gasteiger partial charge in [-0.1, -0.05) is 55.5 Å². The van der Waals surface area contributed by atoms with Gasteiger partial charge in [0.2, 0.25) is 16.9 Å². The minimum absolute atomic E-state index is 0.0228. The van der Waals surface area contributed by atoms with Crippen molar-refractivity contribution >= 4 is 28.3 Å². The lowest BCUT2D eigenvalue weighted by Gasteiger charge is -2.19. The van der Waals surface area contributed by atoms with Crippen molar-refractivity contribution in [3.8, 4) is 10.6 Å². The molecule has 0 fully saturated rings. The van der Waals surface area contributed by atoms with E-state index in [1.807, 2.05) is 44.2 Å². The Labute approximate surface area is 133 Å². The second-order valence-corrected chi connectivity index (χ2v) is 6.17. The number of carbonyl (C=O) groups is 2. The van der Waals surface area contributed by atoms with Crippen LogP contribution in [-0.4, -0.2) is 28.1 Å².